The lowest BCUT2D eigenvalue weighted by molar-refractivity contribution is -0.129. The molecule has 1 heterocycles. The van der Waals surface area contributed by atoms with Crippen molar-refractivity contribution in [2.24, 2.45) is 0 Å². The minimum absolute atomic E-state index is 0.0519. The summed E-state index contributed by atoms with van der Waals surface area (Å²) in [6.45, 7) is 0. The van der Waals surface area contributed by atoms with E-state index in [1.54, 1.807) is 37.6 Å². The second-order valence-electron chi connectivity index (χ2n) is 5.93. The van der Waals surface area contributed by atoms with Crippen molar-refractivity contribution in [2.75, 3.05) is 12.4 Å². The Bertz CT molecular complexity index is 759. The van der Waals surface area contributed by atoms with Crippen molar-refractivity contribution < 1.29 is 19.4 Å². The lowest BCUT2D eigenvalue weighted by Crippen LogP contribution is -2.42. The molecule has 0 bridgehead atoms. The number of amides is 1. The van der Waals surface area contributed by atoms with Crippen LogP contribution in [-0.2, 0) is 9.53 Å². The Morgan fingerprint density at radius 2 is 2.08 bits per heavy atom. The minimum atomic E-state index is -1.10. The Morgan fingerprint density at radius 3 is 2.67 bits per heavy atom. The van der Waals surface area contributed by atoms with Crippen molar-refractivity contribution >= 4 is 17.6 Å². The molecule has 24 heavy (non-hydrogen) atoms. The van der Waals surface area contributed by atoms with E-state index in [0.717, 1.165) is 19.3 Å². The van der Waals surface area contributed by atoms with Crippen molar-refractivity contribution in [1.29, 1.82) is 0 Å². The van der Waals surface area contributed by atoms with Crippen molar-refractivity contribution in [1.82, 2.24) is 9.78 Å². The molecule has 1 saturated carbocycles. The van der Waals surface area contributed by atoms with Gasteiger partial charge in [0, 0.05) is 13.3 Å². The number of carbonyl (C=O) groups is 2. The average Bonchev–Trinajstić information content (AvgIpc) is 3.01. The average molecular weight is 329 g/mol. The summed E-state index contributed by atoms with van der Waals surface area (Å²) >= 11 is 0. The summed E-state index contributed by atoms with van der Waals surface area (Å²) in [4.78, 5) is 23.3. The normalized spacial score (nSPS) is 15.5. The monoisotopic (exact) mass is 329 g/mol. The molecule has 3 rings (SSSR count). The molecule has 0 unspecified atom stereocenters. The summed E-state index contributed by atoms with van der Waals surface area (Å²) in [6, 6.07) is 8.54. The molecular weight excluding hydrogens is 310 g/mol. The molecule has 0 atom stereocenters. The summed E-state index contributed by atoms with van der Waals surface area (Å²) in [5, 5.41) is 15.9. The van der Waals surface area contributed by atoms with Gasteiger partial charge < -0.3 is 15.2 Å². The molecule has 1 amide bonds. The molecule has 7 nitrogen and oxygen atoms in total. The Balaban J connectivity index is 1.78. The van der Waals surface area contributed by atoms with Crippen LogP contribution in [0.1, 0.15) is 36.2 Å². The minimum Gasteiger partial charge on any atom is -0.476 e. The molecule has 1 fully saturated rings. The number of anilines is 1. The third-order valence-electron chi connectivity index (χ3n) is 4.41. The smallest absolute Gasteiger partial charge is 0.356 e. The predicted molar refractivity (Wildman–Crippen MR) is 87.4 cm³/mol. The zero-order valence-corrected chi connectivity index (χ0v) is 13.4. The molecule has 1 aromatic heterocycles. The van der Waals surface area contributed by atoms with Gasteiger partial charge in [0.05, 0.1) is 23.4 Å². The largest absolute Gasteiger partial charge is 0.476 e. The van der Waals surface area contributed by atoms with Crippen LogP contribution in [0.25, 0.3) is 5.69 Å². The number of nitrogens with zero attached hydrogens (tertiary/aromatic N) is 2. The van der Waals surface area contributed by atoms with E-state index in [2.05, 4.69) is 10.4 Å². The number of aromatic carboxylic acids is 1. The molecule has 2 aromatic rings. The number of aromatic nitrogens is 2. The first-order chi connectivity index (χ1) is 11.5. The molecule has 1 aliphatic carbocycles. The highest BCUT2D eigenvalue weighted by Gasteiger charge is 2.39. The number of carboxylic acid groups (broad SMARTS) is 1. The van der Waals surface area contributed by atoms with Crippen molar-refractivity contribution in [2.45, 2.75) is 31.3 Å². The van der Waals surface area contributed by atoms with E-state index in [9.17, 15) is 9.59 Å². The third-order valence-corrected chi connectivity index (χ3v) is 4.41. The number of carboxylic acids is 1. The molecule has 1 aliphatic rings. The number of nitrogens with one attached hydrogen (secondary N) is 1. The number of hydrogen-bond acceptors (Lipinski definition) is 4. The van der Waals surface area contributed by atoms with Crippen LogP contribution in [0.15, 0.2) is 36.5 Å². The SMILES string of the molecule is COC1(CC(=O)Nc2ccccc2-n2ccc(C(=O)O)n2)CCC1. The number of carbonyl (C=O) groups excluding carboxylic acids is 1. The van der Waals surface area contributed by atoms with E-state index in [0.29, 0.717) is 17.8 Å². The van der Waals surface area contributed by atoms with Gasteiger partial charge in [0.25, 0.3) is 0 Å². The molecule has 0 spiro atoms. The summed E-state index contributed by atoms with van der Waals surface area (Å²) in [5.74, 6) is -1.23. The highest BCUT2D eigenvalue weighted by atomic mass is 16.5. The first-order valence-electron chi connectivity index (χ1n) is 7.76. The maximum atomic E-state index is 12.4. The molecule has 0 aliphatic heterocycles. The van der Waals surface area contributed by atoms with Crippen LogP contribution in [0, 0.1) is 0 Å². The fourth-order valence-electron chi connectivity index (χ4n) is 2.86. The maximum absolute atomic E-state index is 12.4. The second kappa shape index (κ2) is 6.45. The zero-order chi connectivity index (χ0) is 17.2. The number of benzene rings is 1. The van der Waals surface area contributed by atoms with Crippen LogP contribution < -0.4 is 5.32 Å². The van der Waals surface area contributed by atoms with Gasteiger partial charge in [-0.25, -0.2) is 9.48 Å². The zero-order valence-electron chi connectivity index (χ0n) is 13.4. The van der Waals surface area contributed by atoms with Gasteiger partial charge in [-0.1, -0.05) is 12.1 Å². The molecular formula is C17H19N3O4. The van der Waals surface area contributed by atoms with Crippen LogP contribution in [0.2, 0.25) is 0 Å². The number of rotatable bonds is 6. The fraction of sp³-hybridized carbons (Fsp3) is 0.353. The number of hydrogen-bond donors (Lipinski definition) is 2. The van der Waals surface area contributed by atoms with E-state index in [1.807, 2.05) is 0 Å². The first kappa shape index (κ1) is 16.2. The van der Waals surface area contributed by atoms with E-state index in [4.69, 9.17) is 9.84 Å². The quantitative estimate of drug-likeness (QED) is 0.849. The Labute approximate surface area is 139 Å². The van der Waals surface area contributed by atoms with Crippen LogP contribution >= 0.6 is 0 Å². The third kappa shape index (κ3) is 3.16. The first-order valence-corrected chi connectivity index (χ1v) is 7.76. The van der Waals surface area contributed by atoms with Gasteiger partial charge >= 0.3 is 5.97 Å². The highest BCUT2D eigenvalue weighted by Crippen LogP contribution is 2.38. The fourth-order valence-corrected chi connectivity index (χ4v) is 2.86. The number of para-hydroxylation sites is 2. The second-order valence-corrected chi connectivity index (χ2v) is 5.93. The summed E-state index contributed by atoms with van der Waals surface area (Å²) < 4.78 is 6.92. The van der Waals surface area contributed by atoms with E-state index in [-0.39, 0.29) is 17.2 Å². The lowest BCUT2D eigenvalue weighted by atomic mass is 9.77. The van der Waals surface area contributed by atoms with Gasteiger partial charge in [0.2, 0.25) is 5.91 Å². The van der Waals surface area contributed by atoms with Gasteiger partial charge in [-0.15, -0.1) is 0 Å². The van der Waals surface area contributed by atoms with Crippen LogP contribution in [0.3, 0.4) is 0 Å². The maximum Gasteiger partial charge on any atom is 0.356 e. The topological polar surface area (TPSA) is 93.5 Å². The van der Waals surface area contributed by atoms with Crippen molar-refractivity contribution in [3.8, 4) is 5.69 Å². The summed E-state index contributed by atoms with van der Waals surface area (Å²) in [5.41, 5.74) is 0.789. The van der Waals surface area contributed by atoms with Gasteiger partial charge in [0.1, 0.15) is 0 Å². The Hall–Kier alpha value is -2.67. The molecule has 1 aromatic carbocycles. The standard InChI is InChI=1S/C17H19N3O4/c1-24-17(8-4-9-17)11-15(21)18-12-5-2-3-6-14(12)20-10-7-13(19-20)16(22)23/h2-3,5-7,10H,4,8-9,11H2,1H3,(H,18,21)(H,22,23). The lowest BCUT2D eigenvalue weighted by Gasteiger charge is -2.39. The van der Waals surface area contributed by atoms with E-state index >= 15 is 0 Å². The molecule has 126 valence electrons. The van der Waals surface area contributed by atoms with Crippen molar-refractivity contribution in [3.63, 3.8) is 0 Å². The van der Waals surface area contributed by atoms with Gasteiger partial charge in [-0.05, 0) is 37.5 Å². The van der Waals surface area contributed by atoms with E-state index in [1.165, 1.54) is 10.7 Å². The molecule has 2 N–H and O–H groups in total. The highest BCUT2D eigenvalue weighted by molar-refractivity contribution is 5.93. The molecule has 0 saturated heterocycles. The van der Waals surface area contributed by atoms with Crippen LogP contribution in [-0.4, -0.2) is 39.5 Å². The number of methoxy groups -OCH3 is 1. The summed E-state index contributed by atoms with van der Waals surface area (Å²) in [7, 11) is 1.64. The van der Waals surface area contributed by atoms with E-state index < -0.39 is 5.97 Å². The number of ether oxygens (including phenoxy) is 1. The van der Waals surface area contributed by atoms with Gasteiger partial charge in [-0.2, -0.15) is 5.10 Å². The Kier molecular flexibility index (Phi) is 4.35. The molecule has 7 heteroatoms. The van der Waals surface area contributed by atoms with Crippen molar-refractivity contribution in [3.05, 3.63) is 42.2 Å². The van der Waals surface area contributed by atoms with Gasteiger partial charge in [-0.3, -0.25) is 4.79 Å². The van der Waals surface area contributed by atoms with Crippen LogP contribution in [0.4, 0.5) is 5.69 Å². The van der Waals surface area contributed by atoms with Gasteiger partial charge in [0.15, 0.2) is 5.69 Å². The van der Waals surface area contributed by atoms with Crippen LogP contribution in [0.5, 0.6) is 0 Å². The summed E-state index contributed by atoms with van der Waals surface area (Å²) in [6.07, 6.45) is 4.71. The predicted octanol–water partition coefficient (Wildman–Crippen LogP) is 2.47. The Morgan fingerprint density at radius 1 is 1.33 bits per heavy atom. The molecule has 0 radical (unpaired) electrons.